The van der Waals surface area contributed by atoms with E-state index in [1.54, 1.807) is 19.0 Å². The van der Waals surface area contributed by atoms with Gasteiger partial charge >= 0.3 is 0 Å². The van der Waals surface area contributed by atoms with Gasteiger partial charge in [0.25, 0.3) is 0 Å². The number of hydrogen-bond acceptors (Lipinski definition) is 1. The standard InChI is InChI=1S/C24H46NP/c1-5-11-21-20-18-19(6-2)26-17-10-8-14-24(26,4)22(20)12-15-23(21,3)13-7-9-16-25/h19-22H,5-18,25H2,1-4H3/t19-,20?,21?,22-,23?,24?,26?/m0/s1. The summed E-state index contributed by atoms with van der Waals surface area (Å²) in [6, 6.07) is 0. The molecule has 0 bridgehead atoms. The quantitative estimate of drug-likeness (QED) is 0.368. The number of fused-ring (bicyclic) bond motifs is 3. The van der Waals surface area contributed by atoms with Gasteiger partial charge < -0.3 is 5.73 Å². The van der Waals surface area contributed by atoms with Crippen LogP contribution in [0.5, 0.6) is 0 Å². The Hall–Kier alpha value is 0.390. The summed E-state index contributed by atoms with van der Waals surface area (Å²) in [4.78, 5) is 0. The van der Waals surface area contributed by atoms with E-state index in [0.29, 0.717) is 5.41 Å². The molecule has 3 fully saturated rings. The summed E-state index contributed by atoms with van der Waals surface area (Å²) >= 11 is 0. The van der Waals surface area contributed by atoms with Crippen LogP contribution >= 0.6 is 7.92 Å². The molecule has 0 radical (unpaired) electrons. The van der Waals surface area contributed by atoms with E-state index < -0.39 is 0 Å². The maximum absolute atomic E-state index is 5.82. The Labute approximate surface area is 165 Å². The lowest BCUT2D eigenvalue weighted by molar-refractivity contribution is -0.0241. The van der Waals surface area contributed by atoms with Crippen molar-refractivity contribution in [1.29, 1.82) is 0 Å². The van der Waals surface area contributed by atoms with Gasteiger partial charge in [-0.1, -0.05) is 54.9 Å². The third kappa shape index (κ3) is 3.78. The largest absolute Gasteiger partial charge is 0.330 e. The maximum atomic E-state index is 5.82. The highest BCUT2D eigenvalue weighted by Gasteiger charge is 2.57. The highest BCUT2D eigenvalue weighted by atomic mass is 31.1. The lowest BCUT2D eigenvalue weighted by Crippen LogP contribution is -2.54. The molecule has 2 saturated heterocycles. The second-order valence-electron chi connectivity index (χ2n) is 10.4. The van der Waals surface area contributed by atoms with Crippen molar-refractivity contribution in [2.45, 2.75) is 116 Å². The van der Waals surface area contributed by atoms with E-state index in [1.807, 2.05) is 0 Å². The summed E-state index contributed by atoms with van der Waals surface area (Å²) in [6.45, 7) is 11.2. The zero-order valence-corrected chi connectivity index (χ0v) is 19.1. The molecule has 152 valence electrons. The summed E-state index contributed by atoms with van der Waals surface area (Å²) in [5.74, 6) is 3.06. The van der Waals surface area contributed by atoms with E-state index in [1.165, 1.54) is 64.2 Å². The summed E-state index contributed by atoms with van der Waals surface area (Å²) in [5, 5.41) is 0.724. The Morgan fingerprint density at radius 2 is 1.88 bits per heavy atom. The fourth-order valence-electron chi connectivity index (χ4n) is 7.63. The van der Waals surface area contributed by atoms with Crippen LogP contribution < -0.4 is 5.73 Å². The molecule has 3 rings (SSSR count). The average Bonchev–Trinajstić information content (AvgIpc) is 2.63. The van der Waals surface area contributed by atoms with Crippen molar-refractivity contribution in [3.05, 3.63) is 0 Å². The second kappa shape index (κ2) is 8.82. The minimum atomic E-state index is 0.275. The average molecular weight is 380 g/mol. The van der Waals surface area contributed by atoms with Crippen LogP contribution in [-0.4, -0.2) is 23.5 Å². The van der Waals surface area contributed by atoms with Gasteiger partial charge in [0, 0.05) is 0 Å². The summed E-state index contributed by atoms with van der Waals surface area (Å²) < 4.78 is 0. The molecule has 1 nitrogen and oxygen atoms in total. The van der Waals surface area contributed by atoms with Crippen molar-refractivity contribution in [2.75, 3.05) is 12.7 Å². The van der Waals surface area contributed by atoms with Crippen LogP contribution in [-0.2, 0) is 0 Å². The molecule has 1 saturated carbocycles. The van der Waals surface area contributed by atoms with Gasteiger partial charge in [-0.2, -0.15) is 0 Å². The van der Waals surface area contributed by atoms with Gasteiger partial charge in [0.2, 0.25) is 0 Å². The normalized spacial score (nSPS) is 45.8. The first-order chi connectivity index (χ1) is 12.5. The first-order valence-corrected chi connectivity index (χ1v) is 13.6. The molecule has 5 unspecified atom stereocenters. The number of hydrogen-bond donors (Lipinski definition) is 1. The van der Waals surface area contributed by atoms with Gasteiger partial charge in [0.1, 0.15) is 0 Å². The first-order valence-electron chi connectivity index (χ1n) is 12.0. The minimum absolute atomic E-state index is 0.275. The molecule has 0 aromatic heterocycles. The van der Waals surface area contributed by atoms with Crippen LogP contribution in [0.2, 0.25) is 0 Å². The fraction of sp³-hybridized carbons (Fsp3) is 1.00. The van der Waals surface area contributed by atoms with E-state index in [4.69, 9.17) is 5.73 Å². The molecule has 1 aliphatic carbocycles. The van der Waals surface area contributed by atoms with Crippen LogP contribution in [0.25, 0.3) is 0 Å². The van der Waals surface area contributed by atoms with Crippen LogP contribution in [0.15, 0.2) is 0 Å². The predicted molar refractivity (Wildman–Crippen MR) is 118 cm³/mol. The lowest BCUT2D eigenvalue weighted by Gasteiger charge is -2.63. The fourth-order valence-corrected chi connectivity index (χ4v) is 12.0. The molecular weight excluding hydrogens is 333 g/mol. The molecule has 0 spiro atoms. The Kier molecular flexibility index (Phi) is 7.16. The molecule has 26 heavy (non-hydrogen) atoms. The number of nitrogens with two attached hydrogens (primary N) is 1. The molecule has 2 heteroatoms. The van der Waals surface area contributed by atoms with Crippen molar-refractivity contribution in [3.8, 4) is 0 Å². The topological polar surface area (TPSA) is 26.0 Å². The molecule has 7 atom stereocenters. The van der Waals surface area contributed by atoms with Crippen molar-refractivity contribution < 1.29 is 0 Å². The van der Waals surface area contributed by atoms with E-state index in [2.05, 4.69) is 27.7 Å². The Morgan fingerprint density at radius 1 is 1.08 bits per heavy atom. The third-order valence-electron chi connectivity index (χ3n) is 9.00. The zero-order valence-electron chi connectivity index (χ0n) is 18.2. The molecule has 2 N–H and O–H groups in total. The maximum Gasteiger partial charge on any atom is -0.00773 e. The van der Waals surface area contributed by atoms with E-state index in [0.717, 1.165) is 35.1 Å². The number of unbranched alkanes of at least 4 members (excludes halogenated alkanes) is 1. The van der Waals surface area contributed by atoms with Gasteiger partial charge in [-0.3, -0.25) is 0 Å². The van der Waals surface area contributed by atoms with E-state index in [9.17, 15) is 0 Å². The molecule has 0 aromatic rings. The predicted octanol–water partition coefficient (Wildman–Crippen LogP) is 7.17. The summed E-state index contributed by atoms with van der Waals surface area (Å²) in [7, 11) is 0.275. The van der Waals surface area contributed by atoms with E-state index in [-0.39, 0.29) is 7.92 Å². The molecule has 0 aromatic carbocycles. The number of rotatable bonds is 7. The van der Waals surface area contributed by atoms with Gasteiger partial charge in [0.05, 0.1) is 0 Å². The molecule has 2 heterocycles. The summed E-state index contributed by atoms with van der Waals surface area (Å²) in [6.07, 6.45) is 19.1. The SMILES string of the molecule is CCCC1C2C[C@H](CC)P3CCCCC3(C)[C@H]2CCC1(C)CCCCN. The Balaban J connectivity index is 1.86. The van der Waals surface area contributed by atoms with Crippen LogP contribution in [0.1, 0.15) is 105 Å². The molecule has 0 amide bonds. The monoisotopic (exact) mass is 379 g/mol. The van der Waals surface area contributed by atoms with Crippen LogP contribution in [0.4, 0.5) is 0 Å². The van der Waals surface area contributed by atoms with Gasteiger partial charge in [-0.15, -0.1) is 0 Å². The Morgan fingerprint density at radius 3 is 2.58 bits per heavy atom. The van der Waals surface area contributed by atoms with Crippen molar-refractivity contribution in [3.63, 3.8) is 0 Å². The molecule has 3 aliphatic rings. The molecular formula is C24H46NP. The van der Waals surface area contributed by atoms with Crippen molar-refractivity contribution >= 4 is 7.92 Å². The Bertz CT molecular complexity index is 451. The highest BCUT2D eigenvalue weighted by Crippen LogP contribution is 2.72. The third-order valence-corrected chi connectivity index (χ3v) is 13.1. The first kappa shape index (κ1) is 21.1. The lowest BCUT2D eigenvalue weighted by atomic mass is 9.52. The van der Waals surface area contributed by atoms with Gasteiger partial charge in [-0.25, -0.2) is 0 Å². The van der Waals surface area contributed by atoms with Crippen molar-refractivity contribution in [1.82, 2.24) is 0 Å². The second-order valence-corrected chi connectivity index (χ2v) is 13.5. The smallest absolute Gasteiger partial charge is 0.00773 e. The van der Waals surface area contributed by atoms with Gasteiger partial charge in [0.15, 0.2) is 0 Å². The van der Waals surface area contributed by atoms with E-state index >= 15 is 0 Å². The minimum Gasteiger partial charge on any atom is -0.330 e. The zero-order chi connectivity index (χ0) is 18.8. The van der Waals surface area contributed by atoms with Crippen molar-refractivity contribution in [2.24, 2.45) is 28.9 Å². The van der Waals surface area contributed by atoms with Crippen LogP contribution in [0.3, 0.4) is 0 Å². The van der Waals surface area contributed by atoms with Gasteiger partial charge in [-0.05, 0) is 104 Å². The molecule has 2 aliphatic heterocycles. The highest BCUT2D eigenvalue weighted by molar-refractivity contribution is 7.60. The van der Waals surface area contributed by atoms with Crippen LogP contribution in [0, 0.1) is 23.2 Å². The summed E-state index contributed by atoms with van der Waals surface area (Å²) in [5.41, 5.74) is 7.48.